The van der Waals surface area contributed by atoms with Gasteiger partial charge in [0.05, 0.1) is 6.10 Å². The molecule has 1 heterocycles. The molecule has 6 heteroatoms. The molecular weight excluding hydrogens is 274 g/mol. The number of carbonyl (C=O) groups is 2. The maximum absolute atomic E-state index is 12.0. The Morgan fingerprint density at radius 2 is 2.00 bits per heavy atom. The predicted molar refractivity (Wildman–Crippen MR) is 75.1 cm³/mol. The van der Waals surface area contributed by atoms with Gasteiger partial charge in [0.25, 0.3) is 5.91 Å². The molecule has 0 bridgehead atoms. The molecule has 1 fully saturated rings. The van der Waals surface area contributed by atoms with E-state index in [1.54, 1.807) is 12.1 Å². The van der Waals surface area contributed by atoms with Gasteiger partial charge in [-0.2, -0.15) is 0 Å². The first-order valence-corrected chi connectivity index (χ1v) is 6.93. The van der Waals surface area contributed by atoms with E-state index in [2.05, 4.69) is 0 Å². The Morgan fingerprint density at radius 3 is 2.57 bits per heavy atom. The van der Waals surface area contributed by atoms with Crippen molar-refractivity contribution in [3.63, 3.8) is 0 Å². The van der Waals surface area contributed by atoms with Gasteiger partial charge in [-0.05, 0) is 24.1 Å². The number of aliphatic hydroxyl groups excluding tert-OH is 1. The highest BCUT2D eigenvalue weighted by molar-refractivity contribution is 5.85. The van der Waals surface area contributed by atoms with E-state index in [1.165, 1.54) is 5.56 Å². The van der Waals surface area contributed by atoms with E-state index in [9.17, 15) is 14.7 Å². The van der Waals surface area contributed by atoms with Crippen molar-refractivity contribution in [2.75, 3.05) is 13.2 Å². The number of carboxylic acids is 1. The molecule has 1 aromatic rings. The molecule has 21 heavy (non-hydrogen) atoms. The van der Waals surface area contributed by atoms with Crippen LogP contribution in [0.1, 0.15) is 18.9 Å². The molecule has 2 N–H and O–H groups in total. The highest BCUT2D eigenvalue weighted by atomic mass is 16.5. The summed E-state index contributed by atoms with van der Waals surface area (Å²) < 4.78 is 5.38. The number of β-amino-alcohol motifs (C(OH)–C–C–N with tert-alkyl or cyclic N) is 1. The van der Waals surface area contributed by atoms with Crippen LogP contribution < -0.4 is 4.74 Å². The maximum Gasteiger partial charge on any atom is 0.326 e. The lowest BCUT2D eigenvalue weighted by molar-refractivity contribution is -0.148. The highest BCUT2D eigenvalue weighted by Crippen LogP contribution is 2.19. The minimum absolute atomic E-state index is 0.0356. The first-order chi connectivity index (χ1) is 10.0. The lowest BCUT2D eigenvalue weighted by Gasteiger charge is -2.21. The van der Waals surface area contributed by atoms with Gasteiger partial charge in [-0.15, -0.1) is 0 Å². The largest absolute Gasteiger partial charge is 0.484 e. The van der Waals surface area contributed by atoms with Crippen molar-refractivity contribution in [2.24, 2.45) is 0 Å². The number of carboxylic acid groups (broad SMARTS) is 1. The zero-order valence-corrected chi connectivity index (χ0v) is 11.9. The monoisotopic (exact) mass is 293 g/mol. The number of nitrogens with zero attached hydrogens (tertiary/aromatic N) is 1. The van der Waals surface area contributed by atoms with Gasteiger partial charge in [0.15, 0.2) is 6.61 Å². The van der Waals surface area contributed by atoms with E-state index in [0.29, 0.717) is 5.75 Å². The summed E-state index contributed by atoms with van der Waals surface area (Å²) in [6.45, 7) is 1.85. The minimum atomic E-state index is -1.10. The number of benzene rings is 1. The smallest absolute Gasteiger partial charge is 0.326 e. The molecule has 2 atom stereocenters. The Morgan fingerprint density at radius 1 is 1.33 bits per heavy atom. The maximum atomic E-state index is 12.0. The van der Waals surface area contributed by atoms with Crippen molar-refractivity contribution < 1.29 is 24.5 Å². The number of aryl methyl sites for hydroxylation is 1. The van der Waals surface area contributed by atoms with Crippen molar-refractivity contribution in [3.8, 4) is 5.75 Å². The van der Waals surface area contributed by atoms with Gasteiger partial charge in [-0.25, -0.2) is 4.79 Å². The van der Waals surface area contributed by atoms with Crippen LogP contribution in [0.2, 0.25) is 0 Å². The molecule has 0 spiro atoms. The molecule has 1 amide bonds. The van der Waals surface area contributed by atoms with Crippen LogP contribution >= 0.6 is 0 Å². The number of carbonyl (C=O) groups excluding carboxylic acids is 1. The molecule has 1 saturated heterocycles. The van der Waals surface area contributed by atoms with Crippen molar-refractivity contribution in [1.82, 2.24) is 4.90 Å². The fourth-order valence-corrected chi connectivity index (χ4v) is 2.37. The SMILES string of the molecule is CCc1ccc(OCC(=O)N2CC(O)C[C@H]2C(=O)O)cc1. The third-order valence-electron chi connectivity index (χ3n) is 3.58. The Labute approximate surface area is 122 Å². The lowest BCUT2D eigenvalue weighted by atomic mass is 10.2. The fourth-order valence-electron chi connectivity index (χ4n) is 2.37. The Kier molecular flexibility index (Phi) is 4.80. The van der Waals surface area contributed by atoms with Gasteiger partial charge in [-0.3, -0.25) is 4.79 Å². The van der Waals surface area contributed by atoms with Gasteiger partial charge in [0.1, 0.15) is 11.8 Å². The zero-order chi connectivity index (χ0) is 15.4. The van der Waals surface area contributed by atoms with Crippen molar-refractivity contribution >= 4 is 11.9 Å². The highest BCUT2D eigenvalue weighted by Gasteiger charge is 2.38. The van der Waals surface area contributed by atoms with E-state index >= 15 is 0 Å². The quantitative estimate of drug-likeness (QED) is 0.833. The van der Waals surface area contributed by atoms with Gasteiger partial charge in [0.2, 0.25) is 0 Å². The molecule has 6 nitrogen and oxygen atoms in total. The summed E-state index contributed by atoms with van der Waals surface area (Å²) in [6, 6.07) is 6.41. The molecule has 0 aliphatic carbocycles. The summed E-state index contributed by atoms with van der Waals surface area (Å²) in [5.41, 5.74) is 1.17. The number of aliphatic hydroxyl groups is 1. The number of hydrogen-bond donors (Lipinski definition) is 2. The van der Waals surface area contributed by atoms with E-state index < -0.39 is 24.0 Å². The average molecular weight is 293 g/mol. The van der Waals surface area contributed by atoms with Gasteiger partial charge < -0.3 is 19.8 Å². The predicted octanol–water partition coefficient (Wildman–Crippen LogP) is 0.674. The number of hydrogen-bond acceptors (Lipinski definition) is 4. The molecule has 114 valence electrons. The van der Waals surface area contributed by atoms with Crippen molar-refractivity contribution in [2.45, 2.75) is 31.9 Å². The number of likely N-dealkylation sites (tertiary alicyclic amines) is 1. The Hall–Kier alpha value is -2.08. The first kappa shape index (κ1) is 15.3. The molecule has 1 unspecified atom stereocenters. The van der Waals surface area contributed by atoms with Crippen LogP contribution in [0, 0.1) is 0 Å². The number of rotatable bonds is 5. The summed E-state index contributed by atoms with van der Waals surface area (Å²) >= 11 is 0. The van der Waals surface area contributed by atoms with Crippen LogP contribution in [0.5, 0.6) is 5.75 Å². The van der Waals surface area contributed by atoms with E-state index in [1.807, 2.05) is 19.1 Å². The summed E-state index contributed by atoms with van der Waals surface area (Å²) in [6.07, 6.45) is 0.191. The molecule has 0 saturated carbocycles. The molecule has 2 rings (SSSR count). The van der Waals surface area contributed by atoms with Crippen LogP contribution in [0.3, 0.4) is 0 Å². The minimum Gasteiger partial charge on any atom is -0.484 e. The third kappa shape index (κ3) is 3.72. The van der Waals surface area contributed by atoms with Crippen molar-refractivity contribution in [1.29, 1.82) is 0 Å². The number of ether oxygens (including phenoxy) is 1. The van der Waals surface area contributed by atoms with Gasteiger partial charge >= 0.3 is 5.97 Å². The molecule has 0 aromatic heterocycles. The third-order valence-corrected chi connectivity index (χ3v) is 3.58. The fraction of sp³-hybridized carbons (Fsp3) is 0.467. The molecule has 1 aromatic carbocycles. The van der Waals surface area contributed by atoms with Crippen LogP contribution in [-0.4, -0.2) is 52.3 Å². The second-order valence-corrected chi connectivity index (χ2v) is 5.08. The van der Waals surface area contributed by atoms with E-state index in [-0.39, 0.29) is 19.6 Å². The van der Waals surface area contributed by atoms with Crippen LogP contribution in [0.4, 0.5) is 0 Å². The summed E-state index contributed by atoms with van der Waals surface area (Å²) in [7, 11) is 0. The normalized spacial score (nSPS) is 21.3. The van der Waals surface area contributed by atoms with E-state index in [4.69, 9.17) is 9.84 Å². The van der Waals surface area contributed by atoms with Crippen LogP contribution in [0.15, 0.2) is 24.3 Å². The number of aliphatic carboxylic acids is 1. The van der Waals surface area contributed by atoms with Crippen LogP contribution in [0.25, 0.3) is 0 Å². The van der Waals surface area contributed by atoms with Gasteiger partial charge in [-0.1, -0.05) is 19.1 Å². The molecule has 1 aliphatic heterocycles. The van der Waals surface area contributed by atoms with Crippen molar-refractivity contribution in [3.05, 3.63) is 29.8 Å². The zero-order valence-electron chi connectivity index (χ0n) is 11.9. The standard InChI is InChI=1S/C15H19NO5/c1-2-10-3-5-12(6-4-10)21-9-14(18)16-8-11(17)7-13(16)15(19)20/h3-6,11,13,17H,2,7-9H2,1H3,(H,19,20)/t11?,13-/m0/s1. The summed E-state index contributed by atoms with van der Waals surface area (Å²) in [5, 5.41) is 18.6. The lowest BCUT2D eigenvalue weighted by Crippen LogP contribution is -2.42. The first-order valence-electron chi connectivity index (χ1n) is 6.93. The summed E-state index contributed by atoms with van der Waals surface area (Å²) in [4.78, 5) is 24.2. The average Bonchev–Trinajstić information content (AvgIpc) is 2.87. The second-order valence-electron chi connectivity index (χ2n) is 5.08. The Balaban J connectivity index is 1.92. The van der Waals surface area contributed by atoms with E-state index in [0.717, 1.165) is 11.3 Å². The van der Waals surface area contributed by atoms with Crippen LogP contribution in [-0.2, 0) is 16.0 Å². The molecule has 0 radical (unpaired) electrons. The molecule has 1 aliphatic rings. The second kappa shape index (κ2) is 6.58. The van der Waals surface area contributed by atoms with Gasteiger partial charge in [0, 0.05) is 13.0 Å². The number of amides is 1. The Bertz CT molecular complexity index is 513. The topological polar surface area (TPSA) is 87.1 Å². The molecular formula is C15H19NO5. The summed E-state index contributed by atoms with van der Waals surface area (Å²) in [5.74, 6) is -0.974.